The van der Waals surface area contributed by atoms with E-state index in [9.17, 15) is 4.79 Å². The molecule has 0 saturated carbocycles. The first kappa shape index (κ1) is 16.1. The molecule has 1 aromatic carbocycles. The maximum absolute atomic E-state index is 11.9. The van der Waals surface area contributed by atoms with Gasteiger partial charge in [0.2, 0.25) is 0 Å². The number of carbonyl (C=O) groups is 1. The molecule has 0 aliphatic rings. The molecule has 0 aromatic heterocycles. The fourth-order valence-corrected chi connectivity index (χ4v) is 1.45. The van der Waals surface area contributed by atoms with Crippen LogP contribution in [0.1, 0.15) is 37.6 Å². The molecule has 0 aliphatic heterocycles. The van der Waals surface area contributed by atoms with Gasteiger partial charge in [-0.3, -0.25) is 4.79 Å². The average molecular weight is 277 g/mol. The summed E-state index contributed by atoms with van der Waals surface area (Å²) in [5, 5.41) is 3.30. The van der Waals surface area contributed by atoms with E-state index in [-0.39, 0.29) is 23.9 Å². The third-order valence-corrected chi connectivity index (χ3v) is 2.89. The van der Waals surface area contributed by atoms with Crippen LogP contribution in [0.15, 0.2) is 18.2 Å². The molecule has 0 saturated heterocycles. The van der Waals surface area contributed by atoms with Crippen molar-refractivity contribution in [3.05, 3.63) is 28.8 Å². The van der Waals surface area contributed by atoms with Gasteiger partial charge in [0.15, 0.2) is 0 Å². The molecule has 0 fully saturated rings. The second-order valence-corrected chi connectivity index (χ2v) is 4.84. The molecule has 0 aliphatic carbocycles. The van der Waals surface area contributed by atoms with Crippen LogP contribution in [0.2, 0.25) is 5.02 Å². The Morgan fingerprint density at radius 3 is 2.53 bits per heavy atom. The Morgan fingerprint density at radius 1 is 1.47 bits per heavy atom. The van der Waals surface area contributed by atoms with Gasteiger partial charge in [-0.15, -0.1) is 12.4 Å². The molecule has 1 amide bonds. The molecule has 0 atom stereocenters. The van der Waals surface area contributed by atoms with E-state index in [1.807, 2.05) is 20.8 Å². The molecule has 3 N–H and O–H groups in total. The first-order chi connectivity index (χ1) is 7.35. The van der Waals surface area contributed by atoms with Crippen molar-refractivity contribution in [2.75, 3.05) is 5.73 Å². The average Bonchev–Trinajstić information content (AvgIpc) is 2.16. The first-order valence-electron chi connectivity index (χ1n) is 5.23. The highest BCUT2D eigenvalue weighted by Crippen LogP contribution is 2.20. The quantitative estimate of drug-likeness (QED) is 0.833. The summed E-state index contributed by atoms with van der Waals surface area (Å²) in [7, 11) is 0. The van der Waals surface area contributed by atoms with Crippen molar-refractivity contribution >= 4 is 35.6 Å². The zero-order chi connectivity index (χ0) is 12.3. The Labute approximate surface area is 113 Å². The highest BCUT2D eigenvalue weighted by atomic mass is 35.5. The summed E-state index contributed by atoms with van der Waals surface area (Å²) in [4.78, 5) is 11.9. The normalized spacial score (nSPS) is 10.6. The van der Waals surface area contributed by atoms with Crippen LogP contribution < -0.4 is 11.1 Å². The van der Waals surface area contributed by atoms with E-state index in [2.05, 4.69) is 5.32 Å². The van der Waals surface area contributed by atoms with Gasteiger partial charge in [0.05, 0.1) is 10.6 Å². The van der Waals surface area contributed by atoms with Crippen molar-refractivity contribution in [2.45, 2.75) is 32.7 Å². The summed E-state index contributed by atoms with van der Waals surface area (Å²) in [5.74, 6) is -0.170. The van der Waals surface area contributed by atoms with Gasteiger partial charge in [-0.1, -0.05) is 18.5 Å². The minimum absolute atomic E-state index is 0. The summed E-state index contributed by atoms with van der Waals surface area (Å²) in [6, 6.07) is 4.88. The topological polar surface area (TPSA) is 55.1 Å². The van der Waals surface area contributed by atoms with Crippen molar-refractivity contribution in [2.24, 2.45) is 0 Å². The zero-order valence-corrected chi connectivity index (χ0v) is 11.8. The van der Waals surface area contributed by atoms with E-state index in [1.54, 1.807) is 18.2 Å². The van der Waals surface area contributed by atoms with Gasteiger partial charge >= 0.3 is 0 Å². The maximum atomic E-state index is 11.9. The number of nitrogen functional groups attached to an aromatic ring is 1. The van der Waals surface area contributed by atoms with Crippen LogP contribution >= 0.6 is 24.0 Å². The standard InChI is InChI=1S/C12H17ClN2O.ClH/c1-4-12(2,3)15-11(16)9-6-5-8(14)7-10(9)13;/h5-7H,4,14H2,1-3H3,(H,15,16);1H. The van der Waals surface area contributed by atoms with E-state index in [0.717, 1.165) is 6.42 Å². The van der Waals surface area contributed by atoms with Crippen LogP contribution in [0.5, 0.6) is 0 Å². The molecule has 0 radical (unpaired) electrons. The lowest BCUT2D eigenvalue weighted by Crippen LogP contribution is -2.42. The fourth-order valence-electron chi connectivity index (χ4n) is 1.18. The van der Waals surface area contributed by atoms with Gasteiger partial charge in [-0.25, -0.2) is 0 Å². The third kappa shape index (κ3) is 4.44. The van der Waals surface area contributed by atoms with E-state index in [4.69, 9.17) is 17.3 Å². The molecule has 0 spiro atoms. The number of hydrogen-bond donors (Lipinski definition) is 2. The molecule has 5 heteroatoms. The summed E-state index contributed by atoms with van der Waals surface area (Å²) in [6.45, 7) is 5.96. The van der Waals surface area contributed by atoms with Gasteiger partial charge < -0.3 is 11.1 Å². The Morgan fingerprint density at radius 2 is 2.06 bits per heavy atom. The van der Waals surface area contributed by atoms with Crippen molar-refractivity contribution in [1.82, 2.24) is 5.32 Å². The molecule has 96 valence electrons. The summed E-state index contributed by atoms with van der Waals surface area (Å²) in [6.07, 6.45) is 0.853. The van der Waals surface area contributed by atoms with Crippen molar-refractivity contribution in [3.8, 4) is 0 Å². The van der Waals surface area contributed by atoms with Crippen LogP contribution in [0, 0.1) is 0 Å². The van der Waals surface area contributed by atoms with Crippen LogP contribution in [0.4, 0.5) is 5.69 Å². The van der Waals surface area contributed by atoms with Crippen LogP contribution in [-0.4, -0.2) is 11.4 Å². The summed E-state index contributed by atoms with van der Waals surface area (Å²) in [5.41, 5.74) is 6.34. The molecule has 0 heterocycles. The maximum Gasteiger partial charge on any atom is 0.253 e. The third-order valence-electron chi connectivity index (χ3n) is 2.57. The highest BCUT2D eigenvalue weighted by Gasteiger charge is 2.20. The largest absolute Gasteiger partial charge is 0.399 e. The number of nitrogens with one attached hydrogen (secondary N) is 1. The minimum Gasteiger partial charge on any atom is -0.399 e. The summed E-state index contributed by atoms with van der Waals surface area (Å²) >= 11 is 5.96. The second kappa shape index (κ2) is 6.12. The SMILES string of the molecule is CCC(C)(C)NC(=O)c1ccc(N)cc1Cl.Cl. The van der Waals surface area contributed by atoms with Gasteiger partial charge in [0.25, 0.3) is 5.91 Å². The molecule has 0 unspecified atom stereocenters. The van der Waals surface area contributed by atoms with Crippen LogP contribution in [0.25, 0.3) is 0 Å². The van der Waals surface area contributed by atoms with Gasteiger partial charge in [-0.05, 0) is 38.5 Å². The molecule has 1 rings (SSSR count). The second-order valence-electron chi connectivity index (χ2n) is 4.43. The highest BCUT2D eigenvalue weighted by molar-refractivity contribution is 6.34. The molecule has 1 aromatic rings. The minimum atomic E-state index is -0.234. The number of rotatable bonds is 3. The molecule has 0 bridgehead atoms. The predicted octanol–water partition coefficient (Wildman–Crippen LogP) is 3.26. The number of carbonyl (C=O) groups excluding carboxylic acids is 1. The Balaban J connectivity index is 0.00000256. The Kier molecular flexibility index (Phi) is 5.79. The van der Waals surface area contributed by atoms with Crippen LogP contribution in [0.3, 0.4) is 0 Å². The Bertz CT molecular complexity index is 405. The number of anilines is 1. The monoisotopic (exact) mass is 276 g/mol. The number of amides is 1. The van der Waals surface area contributed by atoms with E-state index in [1.165, 1.54) is 0 Å². The lowest BCUT2D eigenvalue weighted by Gasteiger charge is -2.24. The van der Waals surface area contributed by atoms with Gasteiger partial charge in [0.1, 0.15) is 0 Å². The van der Waals surface area contributed by atoms with E-state index < -0.39 is 0 Å². The fraction of sp³-hybridized carbons (Fsp3) is 0.417. The number of hydrogen-bond acceptors (Lipinski definition) is 2. The van der Waals surface area contributed by atoms with Crippen molar-refractivity contribution in [3.63, 3.8) is 0 Å². The van der Waals surface area contributed by atoms with Gasteiger partial charge in [-0.2, -0.15) is 0 Å². The number of benzene rings is 1. The predicted molar refractivity (Wildman–Crippen MR) is 74.9 cm³/mol. The van der Waals surface area contributed by atoms with Crippen molar-refractivity contribution < 1.29 is 4.79 Å². The lowest BCUT2D eigenvalue weighted by atomic mass is 10.0. The molecular formula is C12H18Cl2N2O. The van der Waals surface area contributed by atoms with Crippen LogP contribution in [-0.2, 0) is 0 Å². The number of halogens is 2. The molecule has 3 nitrogen and oxygen atoms in total. The summed E-state index contributed by atoms with van der Waals surface area (Å²) < 4.78 is 0. The van der Waals surface area contributed by atoms with E-state index in [0.29, 0.717) is 16.3 Å². The smallest absolute Gasteiger partial charge is 0.253 e. The molecule has 17 heavy (non-hydrogen) atoms. The van der Waals surface area contributed by atoms with E-state index >= 15 is 0 Å². The van der Waals surface area contributed by atoms with Crippen molar-refractivity contribution in [1.29, 1.82) is 0 Å². The zero-order valence-electron chi connectivity index (χ0n) is 10.2. The number of nitrogens with two attached hydrogens (primary N) is 1. The molecular weight excluding hydrogens is 259 g/mol. The Hall–Kier alpha value is -0.930. The lowest BCUT2D eigenvalue weighted by molar-refractivity contribution is 0.0911. The van der Waals surface area contributed by atoms with Gasteiger partial charge in [0, 0.05) is 11.2 Å². The first-order valence-corrected chi connectivity index (χ1v) is 5.61.